The lowest BCUT2D eigenvalue weighted by Gasteiger charge is -2.07. The number of carbonyl (C=O) groups is 1. The van der Waals surface area contributed by atoms with E-state index in [0.29, 0.717) is 22.7 Å². The number of nitrogens with one attached hydrogen (secondary N) is 2. The molecular weight excluding hydrogens is 408 g/mol. The zero-order valence-corrected chi connectivity index (χ0v) is 16.2. The van der Waals surface area contributed by atoms with E-state index in [4.69, 9.17) is 16.0 Å². The minimum absolute atomic E-state index is 0.0182. The van der Waals surface area contributed by atoms with Gasteiger partial charge in [0.1, 0.15) is 16.6 Å². The summed E-state index contributed by atoms with van der Waals surface area (Å²) in [7, 11) is 0. The van der Waals surface area contributed by atoms with Gasteiger partial charge < -0.3 is 14.7 Å². The second-order valence-electron chi connectivity index (χ2n) is 6.39. The zero-order valence-electron chi connectivity index (χ0n) is 15.5. The first kappa shape index (κ1) is 19.4. The van der Waals surface area contributed by atoms with Crippen molar-refractivity contribution in [3.63, 3.8) is 0 Å². The third-order valence-corrected chi connectivity index (χ3v) is 4.69. The summed E-state index contributed by atoms with van der Waals surface area (Å²) < 4.78 is 5.24. The Kier molecular flexibility index (Phi) is 5.32. The average molecular weight is 423 g/mol. The van der Waals surface area contributed by atoms with Gasteiger partial charge in [0.2, 0.25) is 0 Å². The van der Waals surface area contributed by atoms with Gasteiger partial charge in [-0.25, -0.2) is 4.98 Å². The van der Waals surface area contributed by atoms with E-state index in [-0.39, 0.29) is 22.8 Å². The Morgan fingerprint density at radius 3 is 2.80 bits per heavy atom. The second-order valence-corrected chi connectivity index (χ2v) is 6.80. The second kappa shape index (κ2) is 8.22. The molecule has 2 N–H and O–H groups in total. The molecule has 0 atom stereocenters. The first-order valence-electron chi connectivity index (χ1n) is 8.92. The summed E-state index contributed by atoms with van der Waals surface area (Å²) in [5.74, 6) is 0.517. The van der Waals surface area contributed by atoms with Gasteiger partial charge >= 0.3 is 0 Å². The van der Waals surface area contributed by atoms with Crippen molar-refractivity contribution in [1.82, 2.24) is 15.3 Å². The molecule has 0 bridgehead atoms. The van der Waals surface area contributed by atoms with Gasteiger partial charge in [-0.1, -0.05) is 29.8 Å². The smallest absolute Gasteiger partial charge is 0.288 e. The van der Waals surface area contributed by atoms with Crippen molar-refractivity contribution in [2.45, 2.75) is 6.54 Å². The van der Waals surface area contributed by atoms with Gasteiger partial charge in [-0.3, -0.25) is 14.9 Å². The Hall–Kier alpha value is -3.91. The molecule has 0 saturated heterocycles. The van der Waals surface area contributed by atoms with E-state index >= 15 is 0 Å². The number of hydrogen-bond donors (Lipinski definition) is 2. The van der Waals surface area contributed by atoms with Gasteiger partial charge in [-0.15, -0.1) is 0 Å². The van der Waals surface area contributed by atoms with Crippen molar-refractivity contribution in [3.8, 4) is 0 Å². The van der Waals surface area contributed by atoms with Gasteiger partial charge in [0.25, 0.3) is 11.6 Å². The molecule has 0 aliphatic heterocycles. The number of para-hydroxylation sites is 2. The number of fused-ring (bicyclic) bond motifs is 1. The summed E-state index contributed by atoms with van der Waals surface area (Å²) >= 11 is 5.90. The fraction of sp³-hybridized carbons (Fsp3) is 0.0476. The van der Waals surface area contributed by atoms with E-state index < -0.39 is 10.8 Å². The van der Waals surface area contributed by atoms with Crippen LogP contribution >= 0.6 is 11.6 Å². The molecule has 0 spiro atoms. The predicted molar refractivity (Wildman–Crippen MR) is 113 cm³/mol. The molecule has 8 nitrogen and oxygen atoms in total. The highest BCUT2D eigenvalue weighted by molar-refractivity contribution is 6.32. The van der Waals surface area contributed by atoms with Crippen LogP contribution in [0.15, 0.2) is 65.3 Å². The van der Waals surface area contributed by atoms with Crippen molar-refractivity contribution >= 4 is 45.9 Å². The van der Waals surface area contributed by atoms with Crippen molar-refractivity contribution < 1.29 is 14.1 Å². The van der Waals surface area contributed by atoms with E-state index in [1.807, 2.05) is 24.3 Å². The molecule has 0 radical (unpaired) electrons. The lowest BCUT2D eigenvalue weighted by molar-refractivity contribution is -0.384. The maximum atomic E-state index is 13.0. The summed E-state index contributed by atoms with van der Waals surface area (Å²) in [5.41, 5.74) is 1.87. The fourth-order valence-electron chi connectivity index (χ4n) is 2.92. The third kappa shape index (κ3) is 4.08. The van der Waals surface area contributed by atoms with Crippen LogP contribution < -0.4 is 5.32 Å². The third-order valence-electron chi connectivity index (χ3n) is 4.37. The minimum Gasteiger partial charge on any atom is -0.467 e. The van der Waals surface area contributed by atoms with Gasteiger partial charge in [0, 0.05) is 6.07 Å². The van der Waals surface area contributed by atoms with Gasteiger partial charge in [0.05, 0.1) is 34.3 Å². The average Bonchev–Trinajstić information content (AvgIpc) is 3.40. The quantitative estimate of drug-likeness (QED) is 0.268. The standard InChI is InChI=1S/C21H15ClN4O4/c22-16-8-7-13(11-19(16)26(28)29)10-15(21(27)23-12-14-4-3-9-30-14)20-24-17-5-1-2-6-18(17)25-20/h1-11H,12H2,(H,23,27)(H,24,25)/b15-10+. The number of amides is 1. The lowest BCUT2D eigenvalue weighted by atomic mass is 10.1. The van der Waals surface area contributed by atoms with Crippen molar-refractivity contribution in [2.24, 2.45) is 0 Å². The molecule has 0 unspecified atom stereocenters. The van der Waals surface area contributed by atoms with Crippen LogP contribution in [0.5, 0.6) is 0 Å². The van der Waals surface area contributed by atoms with Crippen molar-refractivity contribution in [1.29, 1.82) is 0 Å². The van der Waals surface area contributed by atoms with Crippen LogP contribution in [-0.4, -0.2) is 20.8 Å². The molecule has 4 rings (SSSR count). The molecule has 0 fully saturated rings. The number of benzene rings is 2. The number of nitro groups is 1. The molecule has 30 heavy (non-hydrogen) atoms. The Morgan fingerprint density at radius 1 is 1.23 bits per heavy atom. The fourth-order valence-corrected chi connectivity index (χ4v) is 3.11. The number of hydrogen-bond acceptors (Lipinski definition) is 5. The van der Waals surface area contributed by atoms with E-state index in [1.54, 1.807) is 18.2 Å². The minimum atomic E-state index is -0.572. The zero-order chi connectivity index (χ0) is 21.1. The number of H-pyrrole nitrogens is 1. The molecule has 4 aromatic rings. The summed E-state index contributed by atoms with van der Waals surface area (Å²) in [4.78, 5) is 31.2. The lowest BCUT2D eigenvalue weighted by Crippen LogP contribution is -2.24. The largest absolute Gasteiger partial charge is 0.467 e. The number of carbonyl (C=O) groups excluding carboxylic acids is 1. The highest BCUT2D eigenvalue weighted by Crippen LogP contribution is 2.27. The van der Waals surface area contributed by atoms with Crippen LogP contribution in [0, 0.1) is 10.1 Å². The van der Waals surface area contributed by atoms with Crippen LogP contribution in [-0.2, 0) is 11.3 Å². The topological polar surface area (TPSA) is 114 Å². The molecule has 2 aromatic carbocycles. The van der Waals surface area contributed by atoms with E-state index in [1.165, 1.54) is 24.5 Å². The number of imidazole rings is 1. The first-order valence-corrected chi connectivity index (χ1v) is 9.30. The van der Waals surface area contributed by atoms with Crippen LogP contribution in [0.25, 0.3) is 22.7 Å². The van der Waals surface area contributed by atoms with Crippen molar-refractivity contribution in [3.05, 3.63) is 93.1 Å². The number of rotatable bonds is 6. The number of nitrogens with zero attached hydrogens (tertiary/aromatic N) is 2. The van der Waals surface area contributed by atoms with Gasteiger partial charge in [-0.2, -0.15) is 0 Å². The molecule has 0 aliphatic rings. The summed E-state index contributed by atoms with van der Waals surface area (Å²) in [5, 5.41) is 14.0. The van der Waals surface area contributed by atoms with Crippen LogP contribution in [0.4, 0.5) is 5.69 Å². The SMILES string of the molecule is O=C(NCc1ccco1)/C(=C/c1ccc(Cl)c([N+](=O)[O-])c1)c1nc2ccccc2[nH]1. The Balaban J connectivity index is 1.74. The van der Waals surface area contributed by atoms with Crippen LogP contribution in [0.3, 0.4) is 0 Å². The first-order chi connectivity index (χ1) is 14.5. The number of halogens is 1. The Labute approximate surface area is 175 Å². The number of aromatic amines is 1. The van der Waals surface area contributed by atoms with Crippen molar-refractivity contribution in [2.75, 3.05) is 0 Å². The Morgan fingerprint density at radius 2 is 2.07 bits per heavy atom. The number of nitro benzene ring substituents is 1. The normalized spacial score (nSPS) is 11.6. The molecule has 150 valence electrons. The molecule has 0 saturated carbocycles. The maximum Gasteiger partial charge on any atom is 0.288 e. The van der Waals surface area contributed by atoms with Gasteiger partial charge in [0.15, 0.2) is 0 Å². The molecule has 0 aliphatic carbocycles. The number of aromatic nitrogens is 2. The highest BCUT2D eigenvalue weighted by Gasteiger charge is 2.18. The van der Waals surface area contributed by atoms with Gasteiger partial charge in [-0.05, 0) is 42.0 Å². The van der Waals surface area contributed by atoms with E-state index in [0.717, 1.165) is 5.52 Å². The molecule has 9 heteroatoms. The monoisotopic (exact) mass is 422 g/mol. The Bertz CT molecular complexity index is 1230. The molecule has 1 amide bonds. The van der Waals surface area contributed by atoms with E-state index in [2.05, 4.69) is 15.3 Å². The summed E-state index contributed by atoms with van der Waals surface area (Å²) in [6.45, 7) is 0.185. The number of furan rings is 1. The summed E-state index contributed by atoms with van der Waals surface area (Å²) in [6.07, 6.45) is 3.04. The highest BCUT2D eigenvalue weighted by atomic mass is 35.5. The predicted octanol–water partition coefficient (Wildman–Crippen LogP) is 4.57. The molecular formula is C21H15ClN4O4. The van der Waals surface area contributed by atoms with E-state index in [9.17, 15) is 14.9 Å². The molecule has 2 heterocycles. The maximum absolute atomic E-state index is 13.0. The van der Waals surface area contributed by atoms with Crippen LogP contribution in [0.1, 0.15) is 17.1 Å². The van der Waals surface area contributed by atoms with Crippen LogP contribution in [0.2, 0.25) is 5.02 Å². The molecule has 2 aromatic heterocycles. The summed E-state index contributed by atoms with van der Waals surface area (Å²) in [6, 6.07) is 15.2.